The summed E-state index contributed by atoms with van der Waals surface area (Å²) in [6.45, 7) is 0. The van der Waals surface area contributed by atoms with Crippen molar-refractivity contribution in [3.05, 3.63) is 18.0 Å². The number of aryl methyl sites for hydroxylation is 2. The molecular formula is C13H21N3O3. The Hall–Kier alpha value is -1.40. The first kappa shape index (κ1) is 14.0. The van der Waals surface area contributed by atoms with Crippen LogP contribution in [0.4, 0.5) is 0 Å². The number of amides is 1. The van der Waals surface area contributed by atoms with Crippen LogP contribution in [0.25, 0.3) is 0 Å². The lowest BCUT2D eigenvalue weighted by Gasteiger charge is -2.19. The third-order valence-electron chi connectivity index (χ3n) is 3.74. The standard InChI is InChI=1S/C13H21N3O3/c1-16-9(7-8-14-16)3-6-12(17)15-10-4-5-11(19-2)13(10)18/h7-8,10-11,13,18H,3-6H2,1-2H3,(H,15,17)/t10-,11-,13-/m1/s1. The number of carbonyl (C=O) groups is 1. The first-order valence-corrected chi connectivity index (χ1v) is 6.59. The molecule has 1 aliphatic rings. The second kappa shape index (κ2) is 6.16. The molecule has 0 aromatic carbocycles. The first-order valence-electron chi connectivity index (χ1n) is 6.59. The summed E-state index contributed by atoms with van der Waals surface area (Å²) in [4.78, 5) is 11.9. The molecule has 1 aromatic rings. The van der Waals surface area contributed by atoms with Crippen molar-refractivity contribution in [2.45, 2.75) is 43.9 Å². The highest BCUT2D eigenvalue weighted by Gasteiger charge is 2.35. The van der Waals surface area contributed by atoms with Crippen LogP contribution in [0.2, 0.25) is 0 Å². The Morgan fingerprint density at radius 2 is 2.42 bits per heavy atom. The maximum absolute atomic E-state index is 11.9. The molecule has 3 atom stereocenters. The fourth-order valence-corrected chi connectivity index (χ4v) is 2.53. The highest BCUT2D eigenvalue weighted by atomic mass is 16.5. The van der Waals surface area contributed by atoms with E-state index in [9.17, 15) is 9.90 Å². The van der Waals surface area contributed by atoms with Crippen LogP contribution < -0.4 is 5.32 Å². The van der Waals surface area contributed by atoms with Crippen LogP contribution >= 0.6 is 0 Å². The predicted molar refractivity (Wildman–Crippen MR) is 69.5 cm³/mol. The minimum absolute atomic E-state index is 0.0398. The Bertz CT molecular complexity index is 433. The van der Waals surface area contributed by atoms with E-state index in [1.54, 1.807) is 18.0 Å². The minimum atomic E-state index is -0.606. The van der Waals surface area contributed by atoms with Crippen molar-refractivity contribution >= 4 is 5.91 Å². The number of aromatic nitrogens is 2. The third-order valence-corrected chi connectivity index (χ3v) is 3.74. The molecule has 6 nitrogen and oxygen atoms in total. The fourth-order valence-electron chi connectivity index (χ4n) is 2.53. The van der Waals surface area contributed by atoms with Crippen LogP contribution in [-0.4, -0.2) is 46.2 Å². The number of aliphatic hydroxyl groups is 1. The Labute approximate surface area is 112 Å². The van der Waals surface area contributed by atoms with Crippen LogP contribution in [0, 0.1) is 0 Å². The molecule has 0 radical (unpaired) electrons. The van der Waals surface area contributed by atoms with Gasteiger partial charge in [0.15, 0.2) is 0 Å². The van der Waals surface area contributed by atoms with E-state index in [0.29, 0.717) is 12.8 Å². The molecule has 1 fully saturated rings. The molecule has 1 heterocycles. The van der Waals surface area contributed by atoms with E-state index in [0.717, 1.165) is 18.5 Å². The number of methoxy groups -OCH3 is 1. The van der Waals surface area contributed by atoms with Gasteiger partial charge in [-0.25, -0.2) is 0 Å². The van der Waals surface area contributed by atoms with Crippen LogP contribution in [0.5, 0.6) is 0 Å². The molecule has 1 aliphatic carbocycles. The first-order chi connectivity index (χ1) is 9.11. The van der Waals surface area contributed by atoms with E-state index in [-0.39, 0.29) is 18.1 Å². The summed E-state index contributed by atoms with van der Waals surface area (Å²) in [5.74, 6) is -0.0398. The zero-order chi connectivity index (χ0) is 13.8. The zero-order valence-corrected chi connectivity index (χ0v) is 11.4. The smallest absolute Gasteiger partial charge is 0.220 e. The van der Waals surface area contributed by atoms with Gasteiger partial charge >= 0.3 is 0 Å². The van der Waals surface area contributed by atoms with Gasteiger partial charge < -0.3 is 15.2 Å². The molecule has 2 rings (SSSR count). The van der Waals surface area contributed by atoms with Crippen molar-refractivity contribution < 1.29 is 14.6 Å². The van der Waals surface area contributed by atoms with Crippen molar-refractivity contribution in [3.63, 3.8) is 0 Å². The molecule has 0 saturated heterocycles. The maximum atomic E-state index is 11.9. The van der Waals surface area contributed by atoms with E-state index < -0.39 is 6.10 Å². The van der Waals surface area contributed by atoms with Gasteiger partial charge in [0.2, 0.25) is 5.91 Å². The molecule has 1 aromatic heterocycles. The van der Waals surface area contributed by atoms with Crippen molar-refractivity contribution in [1.82, 2.24) is 15.1 Å². The Balaban J connectivity index is 1.77. The summed E-state index contributed by atoms with van der Waals surface area (Å²) in [7, 11) is 3.44. The number of ether oxygens (including phenoxy) is 1. The number of aliphatic hydroxyl groups excluding tert-OH is 1. The third kappa shape index (κ3) is 3.33. The van der Waals surface area contributed by atoms with Gasteiger partial charge in [-0.1, -0.05) is 0 Å². The molecule has 0 unspecified atom stereocenters. The lowest BCUT2D eigenvalue weighted by Crippen LogP contribution is -2.43. The summed E-state index contributed by atoms with van der Waals surface area (Å²) in [6.07, 6.45) is 3.55. The Morgan fingerprint density at radius 3 is 3.00 bits per heavy atom. The van der Waals surface area contributed by atoms with Gasteiger partial charge in [0.05, 0.1) is 12.1 Å². The lowest BCUT2D eigenvalue weighted by molar-refractivity contribution is -0.122. The van der Waals surface area contributed by atoms with Gasteiger partial charge in [0.25, 0.3) is 0 Å². The molecule has 106 valence electrons. The largest absolute Gasteiger partial charge is 0.388 e. The number of rotatable bonds is 5. The second-order valence-corrected chi connectivity index (χ2v) is 4.96. The summed E-state index contributed by atoms with van der Waals surface area (Å²) < 4.78 is 6.92. The summed E-state index contributed by atoms with van der Waals surface area (Å²) in [5.41, 5.74) is 1.02. The molecule has 1 saturated carbocycles. The van der Waals surface area contributed by atoms with Gasteiger partial charge in [0.1, 0.15) is 6.10 Å². The summed E-state index contributed by atoms with van der Waals surface area (Å²) in [5, 5.41) is 16.9. The lowest BCUT2D eigenvalue weighted by atomic mass is 10.1. The molecule has 19 heavy (non-hydrogen) atoms. The number of carbonyl (C=O) groups excluding carboxylic acids is 1. The number of nitrogens with one attached hydrogen (secondary N) is 1. The molecular weight excluding hydrogens is 246 g/mol. The molecule has 6 heteroatoms. The van der Waals surface area contributed by atoms with Gasteiger partial charge in [-0.3, -0.25) is 9.48 Å². The average Bonchev–Trinajstić information content (AvgIpc) is 2.95. The number of hydrogen-bond donors (Lipinski definition) is 2. The highest BCUT2D eigenvalue weighted by Crippen LogP contribution is 2.22. The SMILES string of the molecule is CO[C@@H]1CC[C@@H](NC(=O)CCc2ccnn2C)[C@H]1O. The van der Waals surface area contributed by atoms with Crippen molar-refractivity contribution in [2.24, 2.45) is 7.05 Å². The minimum Gasteiger partial charge on any atom is -0.388 e. The molecule has 2 N–H and O–H groups in total. The summed E-state index contributed by atoms with van der Waals surface area (Å²) in [6, 6.07) is 1.71. The van der Waals surface area contributed by atoms with E-state index in [1.165, 1.54) is 0 Å². The molecule has 0 aliphatic heterocycles. The molecule has 1 amide bonds. The normalized spacial score (nSPS) is 26.6. The highest BCUT2D eigenvalue weighted by molar-refractivity contribution is 5.76. The van der Waals surface area contributed by atoms with Crippen LogP contribution in [0.3, 0.4) is 0 Å². The Kier molecular flexibility index (Phi) is 4.55. The van der Waals surface area contributed by atoms with Crippen LogP contribution in [-0.2, 0) is 23.0 Å². The zero-order valence-electron chi connectivity index (χ0n) is 11.4. The quantitative estimate of drug-likeness (QED) is 0.788. The topological polar surface area (TPSA) is 76.4 Å². The Morgan fingerprint density at radius 1 is 1.63 bits per heavy atom. The van der Waals surface area contributed by atoms with Crippen molar-refractivity contribution in [2.75, 3.05) is 7.11 Å². The van der Waals surface area contributed by atoms with E-state index >= 15 is 0 Å². The number of nitrogens with zero attached hydrogens (tertiary/aromatic N) is 2. The average molecular weight is 267 g/mol. The van der Waals surface area contributed by atoms with E-state index in [4.69, 9.17) is 4.74 Å². The van der Waals surface area contributed by atoms with Crippen molar-refractivity contribution in [1.29, 1.82) is 0 Å². The fraction of sp³-hybridized carbons (Fsp3) is 0.692. The van der Waals surface area contributed by atoms with Gasteiger partial charge in [-0.05, 0) is 25.3 Å². The van der Waals surface area contributed by atoms with Crippen LogP contribution in [0.1, 0.15) is 25.0 Å². The van der Waals surface area contributed by atoms with Crippen molar-refractivity contribution in [3.8, 4) is 0 Å². The molecule has 0 bridgehead atoms. The summed E-state index contributed by atoms with van der Waals surface area (Å²) >= 11 is 0. The molecule has 0 spiro atoms. The number of hydrogen-bond acceptors (Lipinski definition) is 4. The maximum Gasteiger partial charge on any atom is 0.220 e. The van der Waals surface area contributed by atoms with Gasteiger partial charge in [-0.2, -0.15) is 5.10 Å². The second-order valence-electron chi connectivity index (χ2n) is 4.96. The monoisotopic (exact) mass is 267 g/mol. The van der Waals surface area contributed by atoms with E-state index in [1.807, 2.05) is 13.1 Å². The van der Waals surface area contributed by atoms with Gasteiger partial charge in [0, 0.05) is 32.5 Å². The van der Waals surface area contributed by atoms with E-state index in [2.05, 4.69) is 10.4 Å². The predicted octanol–water partition coefficient (Wildman–Crippen LogP) is 0.00720. The van der Waals surface area contributed by atoms with Crippen LogP contribution in [0.15, 0.2) is 12.3 Å². The van der Waals surface area contributed by atoms with Gasteiger partial charge in [-0.15, -0.1) is 0 Å².